The van der Waals surface area contributed by atoms with Gasteiger partial charge in [-0.25, -0.2) is 0 Å². The number of esters is 1. The Morgan fingerprint density at radius 1 is 1.33 bits per heavy atom. The highest BCUT2D eigenvalue weighted by atomic mass is 16.5. The highest BCUT2D eigenvalue weighted by Crippen LogP contribution is 2.08. The van der Waals surface area contributed by atoms with Crippen molar-refractivity contribution in [2.75, 3.05) is 6.54 Å². The van der Waals surface area contributed by atoms with Crippen molar-refractivity contribution in [3.8, 4) is 5.75 Å². The van der Waals surface area contributed by atoms with E-state index in [-0.39, 0.29) is 5.97 Å². The summed E-state index contributed by atoms with van der Waals surface area (Å²) in [5.74, 6) is 0.368. The van der Waals surface area contributed by atoms with Crippen LogP contribution >= 0.6 is 0 Å². The predicted octanol–water partition coefficient (Wildman–Crippen LogP) is 0.224. The van der Waals surface area contributed by atoms with Crippen molar-refractivity contribution in [1.29, 1.82) is 0 Å². The van der Waals surface area contributed by atoms with Gasteiger partial charge in [-0.3, -0.25) is 4.79 Å². The summed E-state index contributed by atoms with van der Waals surface area (Å²) in [7, 11) is 0. The van der Waals surface area contributed by atoms with Crippen LogP contribution < -0.4 is 10.5 Å². The third-order valence-corrected chi connectivity index (χ3v) is 1.36. The Bertz CT molecular complexity index is 246. The predicted molar refractivity (Wildman–Crippen MR) is 44.4 cm³/mol. The number of quaternary nitrogens is 1. The Hall–Kier alpha value is -1.35. The first-order valence-electron chi connectivity index (χ1n) is 3.88. The molecule has 0 bridgehead atoms. The number of carbonyl (C=O) groups excluding carboxylic acids is 1. The van der Waals surface area contributed by atoms with Gasteiger partial charge >= 0.3 is 5.97 Å². The molecule has 0 spiro atoms. The Morgan fingerprint density at radius 2 is 2.00 bits per heavy atom. The average molecular weight is 166 g/mol. The van der Waals surface area contributed by atoms with Crippen LogP contribution in [-0.2, 0) is 4.79 Å². The molecule has 12 heavy (non-hydrogen) atoms. The van der Waals surface area contributed by atoms with Crippen LogP contribution in [-0.4, -0.2) is 12.5 Å². The zero-order valence-corrected chi connectivity index (χ0v) is 6.82. The molecule has 0 atom stereocenters. The lowest BCUT2D eigenvalue weighted by Gasteiger charge is -2.00. The van der Waals surface area contributed by atoms with E-state index in [4.69, 9.17) is 4.74 Å². The van der Waals surface area contributed by atoms with Gasteiger partial charge in [-0.2, -0.15) is 0 Å². The van der Waals surface area contributed by atoms with Gasteiger partial charge in [0.05, 0.1) is 13.0 Å². The average Bonchev–Trinajstić information content (AvgIpc) is 2.06. The zero-order chi connectivity index (χ0) is 8.81. The minimum atomic E-state index is -0.226. The fraction of sp³-hybridized carbons (Fsp3) is 0.222. The molecule has 64 valence electrons. The van der Waals surface area contributed by atoms with Crippen molar-refractivity contribution in [3.05, 3.63) is 30.3 Å². The van der Waals surface area contributed by atoms with Crippen LogP contribution in [0.15, 0.2) is 30.3 Å². The molecular formula is C9H12NO2+. The number of benzene rings is 1. The molecule has 1 aromatic rings. The van der Waals surface area contributed by atoms with Crippen LogP contribution in [0.25, 0.3) is 0 Å². The second-order valence-electron chi connectivity index (χ2n) is 2.39. The maximum absolute atomic E-state index is 11.0. The third-order valence-electron chi connectivity index (χ3n) is 1.36. The quantitative estimate of drug-likeness (QED) is 0.516. The molecule has 3 nitrogen and oxygen atoms in total. The highest BCUT2D eigenvalue weighted by molar-refractivity contribution is 5.72. The Labute approximate surface area is 71.1 Å². The topological polar surface area (TPSA) is 53.9 Å². The van der Waals surface area contributed by atoms with Gasteiger partial charge in [0.25, 0.3) is 0 Å². The van der Waals surface area contributed by atoms with Crippen LogP contribution in [0.1, 0.15) is 6.42 Å². The Kier molecular flexibility index (Phi) is 3.29. The van der Waals surface area contributed by atoms with E-state index < -0.39 is 0 Å². The zero-order valence-electron chi connectivity index (χ0n) is 6.82. The monoisotopic (exact) mass is 166 g/mol. The first-order chi connectivity index (χ1) is 5.83. The molecule has 0 radical (unpaired) electrons. The number of carbonyl (C=O) groups is 1. The maximum atomic E-state index is 11.0. The van der Waals surface area contributed by atoms with Gasteiger partial charge in [0.1, 0.15) is 5.75 Å². The summed E-state index contributed by atoms with van der Waals surface area (Å²) in [6.45, 7) is 0.575. The van der Waals surface area contributed by atoms with E-state index in [2.05, 4.69) is 5.73 Å². The molecule has 1 rings (SSSR count). The first kappa shape index (κ1) is 8.74. The second-order valence-corrected chi connectivity index (χ2v) is 2.39. The largest absolute Gasteiger partial charge is 0.426 e. The van der Waals surface area contributed by atoms with Crippen LogP contribution in [0.4, 0.5) is 0 Å². The van der Waals surface area contributed by atoms with Crippen molar-refractivity contribution in [2.24, 2.45) is 0 Å². The van der Waals surface area contributed by atoms with E-state index >= 15 is 0 Å². The Balaban J connectivity index is 2.47. The van der Waals surface area contributed by atoms with Crippen molar-refractivity contribution < 1.29 is 15.3 Å². The molecule has 0 aliphatic rings. The molecule has 1 aromatic carbocycles. The molecular weight excluding hydrogens is 154 g/mol. The number of ether oxygens (including phenoxy) is 1. The molecule has 3 N–H and O–H groups in total. The summed E-state index contributed by atoms with van der Waals surface area (Å²) in [5, 5.41) is 0. The lowest BCUT2D eigenvalue weighted by molar-refractivity contribution is -0.366. The molecule has 0 heterocycles. The maximum Gasteiger partial charge on any atom is 0.316 e. The molecule has 0 amide bonds. The second kappa shape index (κ2) is 4.51. The Morgan fingerprint density at radius 3 is 2.58 bits per heavy atom. The summed E-state index contributed by atoms with van der Waals surface area (Å²) in [4.78, 5) is 11.0. The SMILES string of the molecule is [NH3+]CCC(=O)Oc1ccccc1. The van der Waals surface area contributed by atoms with Gasteiger partial charge < -0.3 is 10.5 Å². The summed E-state index contributed by atoms with van der Waals surface area (Å²) < 4.78 is 4.98. The summed E-state index contributed by atoms with van der Waals surface area (Å²) in [5.41, 5.74) is 3.57. The van der Waals surface area contributed by atoms with Gasteiger partial charge in [0.2, 0.25) is 0 Å². The van der Waals surface area contributed by atoms with Gasteiger partial charge in [-0.1, -0.05) is 18.2 Å². The van der Waals surface area contributed by atoms with E-state index in [9.17, 15) is 4.79 Å². The van der Waals surface area contributed by atoms with Crippen molar-refractivity contribution in [3.63, 3.8) is 0 Å². The highest BCUT2D eigenvalue weighted by Gasteiger charge is 2.02. The summed E-state index contributed by atoms with van der Waals surface area (Å²) in [6.07, 6.45) is 0.370. The van der Waals surface area contributed by atoms with Crippen LogP contribution in [0.2, 0.25) is 0 Å². The van der Waals surface area contributed by atoms with Gasteiger partial charge in [-0.15, -0.1) is 0 Å². The van der Waals surface area contributed by atoms with E-state index in [0.29, 0.717) is 18.7 Å². The molecule has 0 unspecified atom stereocenters. The third kappa shape index (κ3) is 2.72. The lowest BCUT2D eigenvalue weighted by atomic mass is 10.3. The number of hydrogen-bond acceptors (Lipinski definition) is 2. The van der Waals surface area contributed by atoms with Crippen LogP contribution in [0, 0.1) is 0 Å². The molecule has 0 aliphatic carbocycles. The fourth-order valence-corrected chi connectivity index (χ4v) is 0.815. The first-order valence-corrected chi connectivity index (χ1v) is 3.88. The van der Waals surface area contributed by atoms with E-state index in [1.54, 1.807) is 12.1 Å². The molecule has 3 heteroatoms. The molecule has 0 saturated heterocycles. The fourth-order valence-electron chi connectivity index (χ4n) is 0.815. The van der Waals surface area contributed by atoms with Crippen LogP contribution in [0.3, 0.4) is 0 Å². The van der Waals surface area contributed by atoms with Crippen molar-refractivity contribution >= 4 is 5.97 Å². The lowest BCUT2D eigenvalue weighted by Crippen LogP contribution is -2.51. The number of para-hydroxylation sites is 1. The van der Waals surface area contributed by atoms with Crippen LogP contribution in [0.5, 0.6) is 5.75 Å². The van der Waals surface area contributed by atoms with Crippen molar-refractivity contribution in [1.82, 2.24) is 0 Å². The standard InChI is InChI=1S/C9H11NO2/c10-7-6-9(11)12-8-4-2-1-3-5-8/h1-5H,6-7,10H2/p+1. The van der Waals surface area contributed by atoms with Gasteiger partial charge in [0.15, 0.2) is 0 Å². The van der Waals surface area contributed by atoms with Gasteiger partial charge in [0, 0.05) is 0 Å². The summed E-state index contributed by atoms with van der Waals surface area (Å²) >= 11 is 0. The molecule has 0 aromatic heterocycles. The molecule has 0 fully saturated rings. The molecule has 0 aliphatic heterocycles. The normalized spacial score (nSPS) is 9.42. The summed E-state index contributed by atoms with van der Waals surface area (Å²) in [6, 6.07) is 9.03. The van der Waals surface area contributed by atoms with E-state index in [0.717, 1.165) is 0 Å². The number of hydrogen-bond donors (Lipinski definition) is 1. The number of rotatable bonds is 3. The minimum absolute atomic E-state index is 0.226. The van der Waals surface area contributed by atoms with E-state index in [1.807, 2.05) is 18.2 Å². The van der Waals surface area contributed by atoms with Crippen molar-refractivity contribution in [2.45, 2.75) is 6.42 Å². The van der Waals surface area contributed by atoms with E-state index in [1.165, 1.54) is 0 Å². The smallest absolute Gasteiger partial charge is 0.316 e. The minimum Gasteiger partial charge on any atom is -0.426 e. The van der Waals surface area contributed by atoms with Gasteiger partial charge in [-0.05, 0) is 12.1 Å². The molecule has 0 saturated carbocycles.